The molecule has 6 aromatic carbocycles. The minimum atomic E-state index is 0.889. The minimum Gasteiger partial charge on any atom is -0.456 e. The van der Waals surface area contributed by atoms with E-state index in [-0.39, 0.29) is 0 Å². The van der Waals surface area contributed by atoms with E-state index in [4.69, 9.17) is 8.83 Å². The van der Waals surface area contributed by atoms with Gasteiger partial charge in [0, 0.05) is 36.8 Å². The van der Waals surface area contributed by atoms with E-state index in [0.29, 0.717) is 0 Å². The summed E-state index contributed by atoms with van der Waals surface area (Å²) in [6, 6.07) is 42.6. The molecule has 3 aromatic heterocycles. The van der Waals surface area contributed by atoms with E-state index >= 15 is 0 Å². The van der Waals surface area contributed by atoms with Crippen molar-refractivity contribution in [2.45, 2.75) is 0 Å². The molecule has 0 amide bonds. The molecule has 0 bridgehead atoms. The molecule has 0 unspecified atom stereocenters. The first kappa shape index (κ1) is 22.1. The Hall–Kier alpha value is -4.80. The van der Waals surface area contributed by atoms with Crippen molar-refractivity contribution in [1.29, 1.82) is 0 Å². The van der Waals surface area contributed by atoms with Crippen molar-refractivity contribution >= 4 is 81.6 Å². The van der Waals surface area contributed by atoms with Crippen LogP contribution in [0.4, 0.5) is 0 Å². The molecule has 0 radical (unpaired) electrons. The number of fused-ring (bicyclic) bond motifs is 9. The van der Waals surface area contributed by atoms with Gasteiger partial charge in [-0.25, -0.2) is 0 Å². The predicted octanol–water partition coefficient (Wildman–Crippen LogP) is 11.0. The number of hydrogen-bond acceptors (Lipinski definition) is 2. The molecule has 0 fully saturated rings. The van der Waals surface area contributed by atoms with Crippen LogP contribution < -0.4 is 0 Å². The number of halogens is 1. The first-order chi connectivity index (χ1) is 19.7. The highest BCUT2D eigenvalue weighted by Crippen LogP contribution is 2.40. The molecule has 9 aromatic rings. The average Bonchev–Trinajstić information content (AvgIpc) is 3.66. The van der Waals surface area contributed by atoms with E-state index in [1.165, 1.54) is 16.3 Å². The lowest BCUT2D eigenvalue weighted by molar-refractivity contribution is 0.666. The Bertz CT molecular complexity index is 2460. The van der Waals surface area contributed by atoms with Gasteiger partial charge in [-0.2, -0.15) is 0 Å². The fourth-order valence-corrected chi connectivity index (χ4v) is 6.85. The van der Waals surface area contributed by atoms with Crippen LogP contribution in [0.2, 0.25) is 0 Å². The predicted molar refractivity (Wildman–Crippen MR) is 168 cm³/mol. The van der Waals surface area contributed by atoms with Gasteiger partial charge < -0.3 is 13.4 Å². The Labute approximate surface area is 237 Å². The molecule has 40 heavy (non-hydrogen) atoms. The molecule has 0 spiro atoms. The van der Waals surface area contributed by atoms with Crippen LogP contribution in [0.15, 0.2) is 135 Å². The summed E-state index contributed by atoms with van der Waals surface area (Å²) in [6.07, 6.45) is 0. The highest BCUT2D eigenvalue weighted by atomic mass is 79.9. The maximum atomic E-state index is 6.44. The number of rotatable bonds is 2. The van der Waals surface area contributed by atoms with E-state index in [2.05, 4.69) is 118 Å². The molecule has 0 aliphatic heterocycles. The fraction of sp³-hybridized carbons (Fsp3) is 0. The van der Waals surface area contributed by atoms with Gasteiger partial charge in [-0.05, 0) is 65.7 Å². The monoisotopic (exact) mass is 577 g/mol. The molecule has 0 saturated carbocycles. The Kier molecular flexibility index (Phi) is 4.47. The second-order valence-electron chi connectivity index (χ2n) is 10.3. The molecule has 0 aliphatic rings. The zero-order valence-electron chi connectivity index (χ0n) is 21.2. The van der Waals surface area contributed by atoms with Gasteiger partial charge in [0.1, 0.15) is 16.7 Å². The molecular formula is C36H20BrNO2. The van der Waals surface area contributed by atoms with Gasteiger partial charge in [-0.1, -0.05) is 82.7 Å². The van der Waals surface area contributed by atoms with Gasteiger partial charge in [0.05, 0.1) is 16.7 Å². The van der Waals surface area contributed by atoms with E-state index in [1.807, 2.05) is 24.3 Å². The zero-order chi connectivity index (χ0) is 26.4. The summed E-state index contributed by atoms with van der Waals surface area (Å²) in [5.41, 5.74) is 9.26. The van der Waals surface area contributed by atoms with Crippen molar-refractivity contribution in [2.75, 3.05) is 0 Å². The first-order valence-electron chi connectivity index (χ1n) is 13.3. The van der Waals surface area contributed by atoms with Crippen molar-refractivity contribution in [1.82, 2.24) is 4.57 Å². The number of aromatic nitrogens is 1. The normalized spacial score (nSPS) is 12.1. The summed E-state index contributed by atoms with van der Waals surface area (Å²) in [4.78, 5) is 0. The second-order valence-corrected chi connectivity index (χ2v) is 11.1. The van der Waals surface area contributed by atoms with E-state index in [1.54, 1.807) is 0 Å². The van der Waals surface area contributed by atoms with Crippen molar-refractivity contribution in [2.24, 2.45) is 0 Å². The van der Waals surface area contributed by atoms with Gasteiger partial charge in [-0.3, -0.25) is 0 Å². The molecule has 3 heterocycles. The number of para-hydroxylation sites is 3. The molecule has 0 atom stereocenters. The second kappa shape index (κ2) is 8.10. The van der Waals surface area contributed by atoms with Crippen molar-refractivity contribution in [3.8, 4) is 16.8 Å². The standard InChI is InChI=1S/C36H20BrNO2/c37-28-10-6-14-34-35(28)27-20-22(16-18-33(27)39-34)21-15-17-30-26(19-21)23-7-1-3-11-29(23)38(30)31-12-5-9-25-24-8-2-4-13-32(24)40-36(25)31/h1-20H. The lowest BCUT2D eigenvalue weighted by Crippen LogP contribution is -1.94. The van der Waals surface area contributed by atoms with E-state index in [9.17, 15) is 0 Å². The Morgan fingerprint density at radius 3 is 2.08 bits per heavy atom. The lowest BCUT2D eigenvalue weighted by atomic mass is 10.0. The first-order valence-corrected chi connectivity index (χ1v) is 14.1. The Morgan fingerprint density at radius 1 is 0.475 bits per heavy atom. The molecule has 3 nitrogen and oxygen atoms in total. The Morgan fingerprint density at radius 2 is 1.15 bits per heavy atom. The van der Waals surface area contributed by atoms with Gasteiger partial charge in [0.2, 0.25) is 0 Å². The topological polar surface area (TPSA) is 31.2 Å². The van der Waals surface area contributed by atoms with E-state index in [0.717, 1.165) is 70.6 Å². The molecule has 188 valence electrons. The van der Waals surface area contributed by atoms with Crippen LogP contribution in [0, 0.1) is 0 Å². The molecule has 0 aliphatic carbocycles. The number of furan rings is 2. The minimum absolute atomic E-state index is 0.889. The lowest BCUT2D eigenvalue weighted by Gasteiger charge is -2.09. The van der Waals surface area contributed by atoms with Crippen LogP contribution in [0.3, 0.4) is 0 Å². The van der Waals surface area contributed by atoms with Crippen molar-refractivity contribution in [3.63, 3.8) is 0 Å². The molecule has 0 saturated heterocycles. The highest BCUT2D eigenvalue weighted by Gasteiger charge is 2.18. The van der Waals surface area contributed by atoms with Crippen LogP contribution in [-0.4, -0.2) is 4.57 Å². The molecular weight excluding hydrogens is 558 g/mol. The van der Waals surface area contributed by atoms with Gasteiger partial charge >= 0.3 is 0 Å². The quantitative estimate of drug-likeness (QED) is 0.204. The summed E-state index contributed by atoms with van der Waals surface area (Å²) in [6.45, 7) is 0. The molecule has 0 N–H and O–H groups in total. The third-order valence-corrected chi connectivity index (χ3v) is 8.74. The largest absolute Gasteiger partial charge is 0.456 e. The Balaban J connectivity index is 1.31. The van der Waals surface area contributed by atoms with Gasteiger partial charge in [-0.15, -0.1) is 0 Å². The SMILES string of the molecule is Brc1cccc2oc3ccc(-c4ccc5c(c4)c4ccccc4n5-c4cccc5c4oc4ccccc45)cc3c12. The zero-order valence-corrected chi connectivity index (χ0v) is 22.8. The number of hydrogen-bond donors (Lipinski definition) is 0. The van der Waals surface area contributed by atoms with Crippen LogP contribution in [0.25, 0.3) is 82.5 Å². The third-order valence-electron chi connectivity index (χ3n) is 8.07. The summed E-state index contributed by atoms with van der Waals surface area (Å²) < 4.78 is 15.9. The molecule has 4 heteroatoms. The van der Waals surface area contributed by atoms with E-state index < -0.39 is 0 Å². The maximum absolute atomic E-state index is 6.44. The van der Waals surface area contributed by atoms with Gasteiger partial charge in [0.15, 0.2) is 5.58 Å². The summed E-state index contributed by atoms with van der Waals surface area (Å²) in [5, 5.41) is 6.90. The van der Waals surface area contributed by atoms with Crippen molar-refractivity contribution < 1.29 is 8.83 Å². The summed E-state index contributed by atoms with van der Waals surface area (Å²) in [7, 11) is 0. The average molecular weight is 578 g/mol. The third kappa shape index (κ3) is 3.00. The molecule has 9 rings (SSSR count). The number of nitrogens with zero attached hydrogens (tertiary/aromatic N) is 1. The van der Waals surface area contributed by atoms with Crippen LogP contribution in [0.1, 0.15) is 0 Å². The summed E-state index contributed by atoms with van der Waals surface area (Å²) >= 11 is 3.72. The number of benzene rings is 6. The highest BCUT2D eigenvalue weighted by molar-refractivity contribution is 9.10. The maximum Gasteiger partial charge on any atom is 0.159 e. The van der Waals surface area contributed by atoms with Crippen molar-refractivity contribution in [3.05, 3.63) is 126 Å². The summed E-state index contributed by atoms with van der Waals surface area (Å²) in [5.74, 6) is 0. The van der Waals surface area contributed by atoms with Crippen LogP contribution in [0.5, 0.6) is 0 Å². The van der Waals surface area contributed by atoms with Crippen LogP contribution in [-0.2, 0) is 0 Å². The van der Waals surface area contributed by atoms with Crippen LogP contribution >= 0.6 is 15.9 Å². The van der Waals surface area contributed by atoms with Gasteiger partial charge in [0.25, 0.3) is 0 Å². The smallest absolute Gasteiger partial charge is 0.159 e. The fourth-order valence-electron chi connectivity index (χ4n) is 6.28.